The highest BCUT2D eigenvalue weighted by Gasteiger charge is 2.10. The van der Waals surface area contributed by atoms with Crippen LogP contribution in [0, 0.1) is 0 Å². The molecule has 0 saturated carbocycles. The Kier molecular flexibility index (Phi) is 6.36. The van der Waals surface area contributed by atoms with E-state index < -0.39 is 5.97 Å². The summed E-state index contributed by atoms with van der Waals surface area (Å²) in [5.74, 6) is -0.577. The highest BCUT2D eigenvalue weighted by atomic mass is 16.5. The van der Waals surface area contributed by atoms with Crippen molar-refractivity contribution in [1.82, 2.24) is 4.90 Å². The van der Waals surface area contributed by atoms with Crippen LogP contribution in [-0.2, 0) is 4.79 Å². The molecule has 0 unspecified atom stereocenters. The Labute approximate surface area is 118 Å². The zero-order valence-electron chi connectivity index (χ0n) is 11.8. The van der Waals surface area contributed by atoms with Crippen LogP contribution in [0.1, 0.15) is 20.3 Å². The van der Waals surface area contributed by atoms with Gasteiger partial charge >= 0.3 is 12.0 Å². The normalized spacial score (nSPS) is 9.90. The van der Waals surface area contributed by atoms with Crippen LogP contribution in [-0.4, -0.2) is 41.7 Å². The van der Waals surface area contributed by atoms with E-state index in [0.29, 0.717) is 24.5 Å². The highest BCUT2D eigenvalue weighted by Crippen LogP contribution is 2.16. The largest absolute Gasteiger partial charge is 0.482 e. The molecule has 0 heterocycles. The molecular weight excluding hydrogens is 260 g/mol. The van der Waals surface area contributed by atoms with E-state index >= 15 is 0 Å². The van der Waals surface area contributed by atoms with Gasteiger partial charge in [-0.25, -0.2) is 9.59 Å². The number of hydrogen-bond acceptors (Lipinski definition) is 3. The number of urea groups is 1. The third-order valence-electron chi connectivity index (χ3n) is 2.63. The van der Waals surface area contributed by atoms with Gasteiger partial charge in [-0.15, -0.1) is 0 Å². The van der Waals surface area contributed by atoms with E-state index in [0.717, 1.165) is 6.42 Å². The standard InChI is InChI=1S/C14H20N2O4/c1-3-9-16(4-2)14(19)15-11-5-7-12(8-6-11)20-10-13(17)18/h5-8H,3-4,9-10H2,1-2H3,(H,15,19)(H,17,18). The molecule has 1 aromatic carbocycles. The van der Waals surface area contributed by atoms with Gasteiger partial charge in [0.1, 0.15) is 5.75 Å². The van der Waals surface area contributed by atoms with Gasteiger partial charge in [0.15, 0.2) is 6.61 Å². The van der Waals surface area contributed by atoms with Crippen molar-refractivity contribution in [3.05, 3.63) is 24.3 Å². The molecule has 0 fully saturated rings. The van der Waals surface area contributed by atoms with Crippen LogP contribution < -0.4 is 10.1 Å². The van der Waals surface area contributed by atoms with E-state index in [2.05, 4.69) is 5.32 Å². The number of carboxylic acid groups (broad SMARTS) is 1. The number of amides is 2. The van der Waals surface area contributed by atoms with Crippen molar-refractivity contribution in [1.29, 1.82) is 0 Å². The van der Waals surface area contributed by atoms with Crippen molar-refractivity contribution in [2.24, 2.45) is 0 Å². The number of benzene rings is 1. The number of aliphatic carboxylic acids is 1. The van der Waals surface area contributed by atoms with Gasteiger partial charge in [-0.2, -0.15) is 0 Å². The maximum absolute atomic E-state index is 11.9. The second kappa shape index (κ2) is 8.04. The third-order valence-corrected chi connectivity index (χ3v) is 2.63. The minimum absolute atomic E-state index is 0.145. The van der Waals surface area contributed by atoms with Gasteiger partial charge in [0.2, 0.25) is 0 Å². The van der Waals surface area contributed by atoms with Crippen molar-refractivity contribution in [3.8, 4) is 5.75 Å². The van der Waals surface area contributed by atoms with Crippen LogP contribution in [0.2, 0.25) is 0 Å². The first-order valence-electron chi connectivity index (χ1n) is 6.57. The molecule has 110 valence electrons. The van der Waals surface area contributed by atoms with E-state index in [-0.39, 0.29) is 12.6 Å². The van der Waals surface area contributed by atoms with Crippen LogP contribution in [0.4, 0.5) is 10.5 Å². The van der Waals surface area contributed by atoms with E-state index in [1.54, 1.807) is 29.2 Å². The van der Waals surface area contributed by atoms with Crippen molar-refractivity contribution >= 4 is 17.7 Å². The van der Waals surface area contributed by atoms with E-state index in [1.807, 2.05) is 13.8 Å². The fourth-order valence-corrected chi connectivity index (χ4v) is 1.66. The zero-order chi connectivity index (χ0) is 15.0. The lowest BCUT2D eigenvalue weighted by atomic mass is 10.3. The van der Waals surface area contributed by atoms with Gasteiger partial charge in [0.05, 0.1) is 0 Å². The average molecular weight is 280 g/mol. The molecule has 1 rings (SSSR count). The van der Waals surface area contributed by atoms with Crippen molar-refractivity contribution in [2.45, 2.75) is 20.3 Å². The Bertz CT molecular complexity index is 445. The summed E-state index contributed by atoms with van der Waals surface area (Å²) >= 11 is 0. The van der Waals surface area contributed by atoms with Gasteiger partial charge in [0.25, 0.3) is 0 Å². The van der Waals surface area contributed by atoms with Gasteiger partial charge in [-0.1, -0.05) is 6.92 Å². The quantitative estimate of drug-likeness (QED) is 0.804. The summed E-state index contributed by atoms with van der Waals surface area (Å²) in [5.41, 5.74) is 0.646. The first-order chi connectivity index (χ1) is 9.56. The number of nitrogens with one attached hydrogen (secondary N) is 1. The lowest BCUT2D eigenvalue weighted by molar-refractivity contribution is -0.139. The fourth-order valence-electron chi connectivity index (χ4n) is 1.66. The molecular formula is C14H20N2O4. The van der Waals surface area contributed by atoms with E-state index in [1.165, 1.54) is 0 Å². The van der Waals surface area contributed by atoms with Gasteiger partial charge in [0, 0.05) is 18.8 Å². The summed E-state index contributed by atoms with van der Waals surface area (Å²) in [4.78, 5) is 24.0. The highest BCUT2D eigenvalue weighted by molar-refractivity contribution is 5.89. The second-order valence-corrected chi connectivity index (χ2v) is 4.22. The Hall–Kier alpha value is -2.24. The molecule has 6 nitrogen and oxygen atoms in total. The molecule has 0 aromatic heterocycles. The Morgan fingerprint density at radius 1 is 1.25 bits per heavy atom. The molecule has 0 saturated heterocycles. The van der Waals surface area contributed by atoms with Crippen LogP contribution in [0.25, 0.3) is 0 Å². The predicted octanol–water partition coefficient (Wildman–Crippen LogP) is 2.41. The predicted molar refractivity (Wildman–Crippen MR) is 76.1 cm³/mol. The summed E-state index contributed by atoms with van der Waals surface area (Å²) in [6.07, 6.45) is 0.906. The molecule has 2 amide bonds. The topological polar surface area (TPSA) is 78.9 Å². The Balaban J connectivity index is 2.56. The number of nitrogens with zero attached hydrogens (tertiary/aromatic N) is 1. The number of carbonyl (C=O) groups excluding carboxylic acids is 1. The van der Waals surface area contributed by atoms with E-state index in [9.17, 15) is 9.59 Å². The van der Waals surface area contributed by atoms with Crippen molar-refractivity contribution < 1.29 is 19.4 Å². The number of rotatable bonds is 7. The SMILES string of the molecule is CCCN(CC)C(=O)Nc1ccc(OCC(=O)O)cc1. The lowest BCUT2D eigenvalue weighted by Crippen LogP contribution is -2.35. The molecule has 6 heteroatoms. The molecule has 20 heavy (non-hydrogen) atoms. The molecule has 0 radical (unpaired) electrons. The zero-order valence-corrected chi connectivity index (χ0v) is 11.8. The van der Waals surface area contributed by atoms with E-state index in [4.69, 9.17) is 9.84 Å². The van der Waals surface area contributed by atoms with Crippen LogP contribution in [0.15, 0.2) is 24.3 Å². The summed E-state index contributed by atoms with van der Waals surface area (Å²) in [7, 11) is 0. The molecule has 0 aliphatic rings. The maximum Gasteiger partial charge on any atom is 0.341 e. The third kappa shape index (κ3) is 5.17. The molecule has 0 atom stereocenters. The minimum Gasteiger partial charge on any atom is -0.482 e. The van der Waals surface area contributed by atoms with Crippen LogP contribution in [0.3, 0.4) is 0 Å². The van der Waals surface area contributed by atoms with Gasteiger partial charge in [-0.3, -0.25) is 0 Å². The average Bonchev–Trinajstić information content (AvgIpc) is 2.43. The van der Waals surface area contributed by atoms with Crippen LogP contribution >= 0.6 is 0 Å². The van der Waals surface area contributed by atoms with Gasteiger partial charge in [-0.05, 0) is 37.6 Å². The lowest BCUT2D eigenvalue weighted by Gasteiger charge is -2.20. The monoisotopic (exact) mass is 280 g/mol. The maximum atomic E-state index is 11.9. The summed E-state index contributed by atoms with van der Waals surface area (Å²) < 4.78 is 5.01. The molecule has 0 aliphatic carbocycles. The number of ether oxygens (including phenoxy) is 1. The first-order valence-corrected chi connectivity index (χ1v) is 6.57. The fraction of sp³-hybridized carbons (Fsp3) is 0.429. The van der Waals surface area contributed by atoms with Crippen molar-refractivity contribution in [2.75, 3.05) is 25.0 Å². The van der Waals surface area contributed by atoms with Gasteiger partial charge < -0.3 is 20.1 Å². The Morgan fingerprint density at radius 3 is 2.40 bits per heavy atom. The minimum atomic E-state index is -1.03. The molecule has 0 aliphatic heterocycles. The van der Waals surface area contributed by atoms with Crippen LogP contribution in [0.5, 0.6) is 5.75 Å². The second-order valence-electron chi connectivity index (χ2n) is 4.22. The number of carboxylic acids is 1. The number of carbonyl (C=O) groups is 2. The molecule has 2 N–H and O–H groups in total. The molecule has 1 aromatic rings. The molecule has 0 spiro atoms. The molecule has 0 bridgehead atoms. The first kappa shape index (κ1) is 15.8. The number of anilines is 1. The summed E-state index contributed by atoms with van der Waals surface area (Å²) in [6, 6.07) is 6.45. The smallest absolute Gasteiger partial charge is 0.341 e. The number of hydrogen-bond donors (Lipinski definition) is 2. The summed E-state index contributed by atoms with van der Waals surface area (Å²) in [5, 5.41) is 11.3. The Morgan fingerprint density at radius 2 is 1.90 bits per heavy atom. The van der Waals surface area contributed by atoms with Crippen molar-refractivity contribution in [3.63, 3.8) is 0 Å². The summed E-state index contributed by atoms with van der Waals surface area (Å²) in [6.45, 7) is 4.93.